The lowest BCUT2D eigenvalue weighted by molar-refractivity contribution is 0.0346. The highest BCUT2D eigenvalue weighted by atomic mass is 16.5. The van der Waals surface area contributed by atoms with Gasteiger partial charge in [-0.25, -0.2) is 0 Å². The zero-order valence-electron chi connectivity index (χ0n) is 10.1. The van der Waals surface area contributed by atoms with Gasteiger partial charge in [0.1, 0.15) is 6.10 Å². The molecule has 0 aromatic carbocycles. The summed E-state index contributed by atoms with van der Waals surface area (Å²) in [5, 5.41) is 4.16. The second-order valence-electron chi connectivity index (χ2n) is 4.83. The normalized spacial score (nSPS) is 19.7. The van der Waals surface area contributed by atoms with Crippen LogP contribution in [-0.2, 0) is 11.8 Å². The van der Waals surface area contributed by atoms with E-state index in [2.05, 4.69) is 5.10 Å². The minimum atomic E-state index is -0.0209. The summed E-state index contributed by atoms with van der Waals surface area (Å²) in [4.78, 5) is 0. The van der Waals surface area contributed by atoms with Crippen LogP contribution in [0, 0.1) is 5.92 Å². The predicted molar refractivity (Wildman–Crippen MR) is 62.9 cm³/mol. The Hall–Kier alpha value is -0.870. The van der Waals surface area contributed by atoms with Crippen molar-refractivity contribution in [2.45, 2.75) is 38.3 Å². The number of nitrogens with two attached hydrogens (primary N) is 1. The van der Waals surface area contributed by atoms with Crippen LogP contribution in [-0.4, -0.2) is 22.4 Å². The number of nitrogens with zero attached hydrogens (tertiary/aromatic N) is 2. The molecule has 1 aliphatic carbocycles. The molecule has 2 rings (SSSR count). The molecule has 4 heteroatoms. The fraction of sp³-hybridized carbons (Fsp3) is 0.750. The van der Waals surface area contributed by atoms with E-state index in [0.717, 1.165) is 18.1 Å². The highest BCUT2D eigenvalue weighted by Gasteiger charge is 2.23. The number of ether oxygens (including phenoxy) is 1. The molecule has 1 aliphatic rings. The van der Waals surface area contributed by atoms with Gasteiger partial charge >= 0.3 is 0 Å². The van der Waals surface area contributed by atoms with Crippen molar-refractivity contribution in [3.8, 4) is 0 Å². The molecule has 90 valence electrons. The molecule has 0 aliphatic heterocycles. The Morgan fingerprint density at radius 2 is 2.38 bits per heavy atom. The topological polar surface area (TPSA) is 53.1 Å². The molecule has 0 bridgehead atoms. The average molecular weight is 223 g/mol. The minimum Gasteiger partial charge on any atom is -0.372 e. The number of aromatic nitrogens is 2. The molecule has 1 saturated carbocycles. The summed E-state index contributed by atoms with van der Waals surface area (Å²) in [6.07, 6.45) is 7.71. The van der Waals surface area contributed by atoms with Crippen LogP contribution in [0.3, 0.4) is 0 Å². The van der Waals surface area contributed by atoms with Gasteiger partial charge in [-0.15, -0.1) is 0 Å². The summed E-state index contributed by atoms with van der Waals surface area (Å²) >= 11 is 0. The van der Waals surface area contributed by atoms with Crippen LogP contribution >= 0.6 is 0 Å². The van der Waals surface area contributed by atoms with Gasteiger partial charge in [-0.1, -0.05) is 12.8 Å². The van der Waals surface area contributed by atoms with Gasteiger partial charge in [0.15, 0.2) is 0 Å². The zero-order valence-corrected chi connectivity index (χ0v) is 10.1. The number of hydrogen-bond donors (Lipinski definition) is 1. The van der Waals surface area contributed by atoms with E-state index in [1.165, 1.54) is 19.3 Å². The molecule has 2 atom stereocenters. The quantitative estimate of drug-likeness (QED) is 0.797. The standard InChI is InChI=1S/C12H21N3O/c1-9(13)12(11-7-14-15(2)8-11)16-6-5-10-3-4-10/h7-10,12H,3-6,13H2,1-2H3. The van der Waals surface area contributed by atoms with Gasteiger partial charge in [0.25, 0.3) is 0 Å². The van der Waals surface area contributed by atoms with Gasteiger partial charge in [0.2, 0.25) is 0 Å². The summed E-state index contributed by atoms with van der Waals surface area (Å²) in [5.41, 5.74) is 7.03. The maximum Gasteiger partial charge on any atom is 0.100 e. The average Bonchev–Trinajstić information content (AvgIpc) is 2.95. The van der Waals surface area contributed by atoms with Crippen molar-refractivity contribution in [1.82, 2.24) is 9.78 Å². The van der Waals surface area contributed by atoms with E-state index in [1.54, 1.807) is 4.68 Å². The Morgan fingerprint density at radius 3 is 2.88 bits per heavy atom. The third-order valence-electron chi connectivity index (χ3n) is 3.05. The van der Waals surface area contributed by atoms with Gasteiger partial charge in [0, 0.05) is 31.5 Å². The second-order valence-corrected chi connectivity index (χ2v) is 4.83. The van der Waals surface area contributed by atoms with Crippen molar-refractivity contribution >= 4 is 0 Å². The largest absolute Gasteiger partial charge is 0.372 e. The SMILES string of the molecule is CC(N)C(OCCC1CC1)c1cnn(C)c1. The molecule has 2 N–H and O–H groups in total. The van der Waals surface area contributed by atoms with Crippen LogP contribution < -0.4 is 5.73 Å². The third-order valence-corrected chi connectivity index (χ3v) is 3.05. The first kappa shape index (κ1) is 11.6. The van der Waals surface area contributed by atoms with Crippen molar-refractivity contribution in [3.63, 3.8) is 0 Å². The zero-order chi connectivity index (χ0) is 11.5. The fourth-order valence-corrected chi connectivity index (χ4v) is 1.91. The lowest BCUT2D eigenvalue weighted by Gasteiger charge is -2.20. The molecule has 1 heterocycles. The Labute approximate surface area is 96.8 Å². The van der Waals surface area contributed by atoms with Crippen molar-refractivity contribution < 1.29 is 4.74 Å². The van der Waals surface area contributed by atoms with E-state index in [-0.39, 0.29) is 12.1 Å². The highest BCUT2D eigenvalue weighted by molar-refractivity contribution is 5.10. The van der Waals surface area contributed by atoms with Crippen LogP contribution in [0.25, 0.3) is 0 Å². The van der Waals surface area contributed by atoms with Crippen molar-refractivity contribution in [3.05, 3.63) is 18.0 Å². The summed E-state index contributed by atoms with van der Waals surface area (Å²) in [5.74, 6) is 0.905. The Bertz CT molecular complexity index is 331. The molecule has 1 aromatic heterocycles. The van der Waals surface area contributed by atoms with E-state index in [4.69, 9.17) is 10.5 Å². The molecule has 16 heavy (non-hydrogen) atoms. The lowest BCUT2D eigenvalue weighted by Crippen LogP contribution is -2.27. The van der Waals surface area contributed by atoms with Gasteiger partial charge in [-0.05, 0) is 19.3 Å². The number of hydrogen-bond acceptors (Lipinski definition) is 3. The molecule has 0 saturated heterocycles. The smallest absolute Gasteiger partial charge is 0.100 e. The van der Waals surface area contributed by atoms with Gasteiger partial charge in [0.05, 0.1) is 6.20 Å². The van der Waals surface area contributed by atoms with Crippen LogP contribution in [0.15, 0.2) is 12.4 Å². The first-order valence-corrected chi connectivity index (χ1v) is 6.02. The van der Waals surface area contributed by atoms with Crippen LogP contribution in [0.2, 0.25) is 0 Å². The Morgan fingerprint density at radius 1 is 1.62 bits per heavy atom. The molecule has 4 nitrogen and oxygen atoms in total. The minimum absolute atomic E-state index is 0.00315. The van der Waals surface area contributed by atoms with Crippen LogP contribution in [0.1, 0.15) is 37.9 Å². The van der Waals surface area contributed by atoms with E-state index in [1.807, 2.05) is 26.4 Å². The lowest BCUT2D eigenvalue weighted by atomic mass is 10.1. The third kappa shape index (κ3) is 3.06. The molecular formula is C12H21N3O. The van der Waals surface area contributed by atoms with E-state index in [9.17, 15) is 0 Å². The van der Waals surface area contributed by atoms with Gasteiger partial charge in [-0.2, -0.15) is 5.10 Å². The molecule has 1 aromatic rings. The Balaban J connectivity index is 1.88. The molecule has 0 amide bonds. The maximum absolute atomic E-state index is 5.95. The fourth-order valence-electron chi connectivity index (χ4n) is 1.91. The summed E-state index contributed by atoms with van der Waals surface area (Å²) < 4.78 is 7.66. The van der Waals surface area contributed by atoms with Crippen LogP contribution in [0.5, 0.6) is 0 Å². The van der Waals surface area contributed by atoms with Crippen LogP contribution in [0.4, 0.5) is 0 Å². The molecule has 2 unspecified atom stereocenters. The van der Waals surface area contributed by atoms with Crippen molar-refractivity contribution in [2.75, 3.05) is 6.61 Å². The van der Waals surface area contributed by atoms with Crippen molar-refractivity contribution in [1.29, 1.82) is 0 Å². The maximum atomic E-state index is 5.95. The summed E-state index contributed by atoms with van der Waals surface area (Å²) in [6.45, 7) is 2.79. The number of aryl methyl sites for hydroxylation is 1. The second kappa shape index (κ2) is 4.97. The van der Waals surface area contributed by atoms with E-state index >= 15 is 0 Å². The first-order chi connectivity index (χ1) is 7.66. The molecule has 0 spiro atoms. The Kier molecular flexibility index (Phi) is 3.61. The van der Waals surface area contributed by atoms with Gasteiger partial charge < -0.3 is 10.5 Å². The monoisotopic (exact) mass is 223 g/mol. The molecular weight excluding hydrogens is 202 g/mol. The highest BCUT2D eigenvalue weighted by Crippen LogP contribution is 2.33. The summed E-state index contributed by atoms with van der Waals surface area (Å²) in [7, 11) is 1.91. The van der Waals surface area contributed by atoms with E-state index in [0.29, 0.717) is 0 Å². The first-order valence-electron chi connectivity index (χ1n) is 6.02. The molecule has 1 fully saturated rings. The van der Waals surface area contributed by atoms with Gasteiger partial charge in [-0.3, -0.25) is 4.68 Å². The molecule has 0 radical (unpaired) electrons. The van der Waals surface area contributed by atoms with E-state index < -0.39 is 0 Å². The summed E-state index contributed by atoms with van der Waals surface area (Å²) in [6, 6.07) is 0.00315. The predicted octanol–water partition coefficient (Wildman–Crippen LogP) is 1.63. The van der Waals surface area contributed by atoms with Crippen molar-refractivity contribution in [2.24, 2.45) is 18.7 Å². The number of rotatable bonds is 6.